The van der Waals surface area contributed by atoms with Gasteiger partial charge in [0.15, 0.2) is 0 Å². The molecular weight excluding hydrogens is 726 g/mol. The first kappa shape index (κ1) is 34.6. The van der Waals surface area contributed by atoms with E-state index < -0.39 is 12.1 Å². The van der Waals surface area contributed by atoms with Crippen molar-refractivity contribution >= 4 is 49.7 Å². The van der Waals surface area contributed by atoms with E-state index in [9.17, 15) is 9.59 Å². The molecule has 0 unspecified atom stereocenters. The van der Waals surface area contributed by atoms with E-state index in [4.69, 9.17) is 24.2 Å². The van der Waals surface area contributed by atoms with Crippen LogP contribution < -0.4 is 15.4 Å². The Morgan fingerprint density at radius 2 is 1.90 bits per heavy atom. The lowest BCUT2D eigenvalue weighted by atomic mass is 9.92. The molecule has 2 aromatic heterocycles. The maximum atomic E-state index is 13.9. The van der Waals surface area contributed by atoms with Crippen molar-refractivity contribution in [2.24, 2.45) is 11.8 Å². The lowest BCUT2D eigenvalue weighted by Crippen LogP contribution is -2.52. The quantitative estimate of drug-likeness (QED) is 0.130. The number of methoxy groups -OCH3 is 2. The van der Waals surface area contributed by atoms with Gasteiger partial charge < -0.3 is 39.7 Å². The molecule has 4 N–H and O–H groups in total. The second-order valence-corrected chi connectivity index (χ2v) is 15.4. The summed E-state index contributed by atoms with van der Waals surface area (Å²) in [5.74, 6) is 2.72. The molecule has 0 bridgehead atoms. The standard InChI is InChI=1S/C39H44BrN7O5/c1-19(2)32(45-39(49)51-5)38(48)47-20(3)6-11-30(47)37-42-28-10-8-22-14-27-25-9-7-23(13-24(25)18-52-31(27)15-26(22)34(28)44-37)33-35(40)46-36(43-33)29-12-21(16-41-29)17-50-4/h7-10,13-15,19-21,29-30,32,41H,6,11-12,16-18H2,1-5H3,(H,42,44)(H,43,46)(H,45,49)/t20-,21-,29-,30-,32-/m0/s1. The summed E-state index contributed by atoms with van der Waals surface area (Å²) in [7, 11) is 3.05. The van der Waals surface area contributed by atoms with Crippen LogP contribution in [0.4, 0.5) is 4.79 Å². The van der Waals surface area contributed by atoms with Gasteiger partial charge in [0.2, 0.25) is 5.91 Å². The molecule has 12 nitrogen and oxygen atoms in total. The second-order valence-electron chi connectivity index (χ2n) is 14.7. The molecule has 13 heteroatoms. The number of benzene rings is 3. The van der Waals surface area contributed by atoms with Gasteiger partial charge in [0.1, 0.15) is 34.7 Å². The number of likely N-dealkylation sites (tertiary alicyclic amines) is 1. The third kappa shape index (κ3) is 6.12. The number of halogens is 1. The Morgan fingerprint density at radius 3 is 2.69 bits per heavy atom. The van der Waals surface area contributed by atoms with Crippen LogP contribution in [0.2, 0.25) is 0 Å². The van der Waals surface area contributed by atoms with Crippen LogP contribution in [-0.2, 0) is 20.9 Å². The molecule has 272 valence electrons. The summed E-state index contributed by atoms with van der Waals surface area (Å²) in [4.78, 5) is 44.9. The van der Waals surface area contributed by atoms with Crippen molar-refractivity contribution in [1.29, 1.82) is 0 Å². The molecule has 3 aliphatic rings. The summed E-state index contributed by atoms with van der Waals surface area (Å²) in [6, 6.07) is 14.1. The number of fused-ring (bicyclic) bond motifs is 6. The van der Waals surface area contributed by atoms with Gasteiger partial charge in [-0.15, -0.1) is 0 Å². The highest BCUT2D eigenvalue weighted by atomic mass is 79.9. The van der Waals surface area contributed by atoms with Gasteiger partial charge in [-0.3, -0.25) is 4.79 Å². The van der Waals surface area contributed by atoms with Crippen LogP contribution in [0.15, 0.2) is 47.1 Å². The Morgan fingerprint density at radius 1 is 1.06 bits per heavy atom. The van der Waals surface area contributed by atoms with Crippen LogP contribution in [0.5, 0.6) is 5.75 Å². The molecule has 5 atom stereocenters. The Kier molecular flexibility index (Phi) is 9.21. The van der Waals surface area contributed by atoms with Gasteiger partial charge in [-0.1, -0.05) is 32.0 Å². The van der Waals surface area contributed by atoms with Crippen LogP contribution in [0.3, 0.4) is 0 Å². The number of carbonyl (C=O) groups excluding carboxylic acids is 2. The Hall–Kier alpha value is -4.46. The van der Waals surface area contributed by atoms with Crippen molar-refractivity contribution in [3.05, 3.63) is 64.3 Å². The van der Waals surface area contributed by atoms with Gasteiger partial charge in [0.25, 0.3) is 0 Å². The first-order chi connectivity index (χ1) is 25.1. The van der Waals surface area contributed by atoms with Crippen molar-refractivity contribution in [2.75, 3.05) is 27.4 Å². The molecule has 5 aromatic rings. The van der Waals surface area contributed by atoms with Crippen molar-refractivity contribution in [3.8, 4) is 28.1 Å². The van der Waals surface area contributed by atoms with Gasteiger partial charge in [-0.25, -0.2) is 14.8 Å². The molecule has 52 heavy (non-hydrogen) atoms. The van der Waals surface area contributed by atoms with Crippen molar-refractivity contribution in [3.63, 3.8) is 0 Å². The molecule has 2 amide bonds. The average molecular weight is 771 g/mol. The van der Waals surface area contributed by atoms with E-state index in [1.54, 1.807) is 7.11 Å². The minimum Gasteiger partial charge on any atom is -0.488 e. The molecule has 3 aliphatic heterocycles. The zero-order chi connectivity index (χ0) is 36.3. The van der Waals surface area contributed by atoms with Crippen molar-refractivity contribution in [2.45, 2.75) is 70.8 Å². The van der Waals surface area contributed by atoms with E-state index in [0.717, 1.165) is 104 Å². The van der Waals surface area contributed by atoms with Gasteiger partial charge in [0.05, 0.1) is 42.5 Å². The zero-order valence-electron chi connectivity index (χ0n) is 30.0. The number of hydrogen-bond acceptors (Lipinski definition) is 8. The Bertz CT molecular complexity index is 2180. The number of ether oxygens (including phenoxy) is 3. The molecule has 0 saturated carbocycles. The molecular formula is C39H44BrN7O5. The van der Waals surface area contributed by atoms with E-state index in [1.807, 2.05) is 31.7 Å². The van der Waals surface area contributed by atoms with E-state index in [1.165, 1.54) is 7.11 Å². The number of amides is 2. The molecule has 2 saturated heterocycles. The fourth-order valence-corrected chi connectivity index (χ4v) is 8.73. The predicted octanol–water partition coefficient (Wildman–Crippen LogP) is 7.16. The molecule has 0 aliphatic carbocycles. The highest BCUT2D eigenvalue weighted by molar-refractivity contribution is 9.10. The van der Waals surface area contributed by atoms with E-state index in [-0.39, 0.29) is 30.0 Å². The first-order valence-corrected chi connectivity index (χ1v) is 18.8. The van der Waals surface area contributed by atoms with Crippen molar-refractivity contribution in [1.82, 2.24) is 35.5 Å². The third-order valence-corrected chi connectivity index (χ3v) is 11.5. The fraction of sp³-hybridized carbons (Fsp3) is 0.436. The van der Waals surface area contributed by atoms with Gasteiger partial charge >= 0.3 is 6.09 Å². The Balaban J connectivity index is 1.08. The first-order valence-electron chi connectivity index (χ1n) is 18.0. The van der Waals surface area contributed by atoms with Crippen LogP contribution >= 0.6 is 15.9 Å². The Labute approximate surface area is 310 Å². The van der Waals surface area contributed by atoms with Crippen LogP contribution in [0, 0.1) is 11.8 Å². The maximum Gasteiger partial charge on any atom is 0.407 e. The topological polar surface area (TPSA) is 146 Å². The predicted molar refractivity (Wildman–Crippen MR) is 202 cm³/mol. The smallest absolute Gasteiger partial charge is 0.407 e. The van der Waals surface area contributed by atoms with E-state index in [2.05, 4.69) is 72.9 Å². The number of imidazole rings is 2. The largest absolute Gasteiger partial charge is 0.488 e. The number of carbonyl (C=O) groups is 2. The lowest BCUT2D eigenvalue weighted by Gasteiger charge is -2.32. The third-order valence-electron chi connectivity index (χ3n) is 10.9. The van der Waals surface area contributed by atoms with Gasteiger partial charge in [-0.05, 0) is 94.7 Å². The van der Waals surface area contributed by atoms with Crippen LogP contribution in [-0.4, -0.2) is 76.3 Å². The molecule has 8 rings (SSSR count). The summed E-state index contributed by atoms with van der Waals surface area (Å²) < 4.78 is 17.4. The fourth-order valence-electron chi connectivity index (χ4n) is 8.22. The SMILES string of the molecule is COC[C@@H]1CN[C@H](c2nc(Br)c(-c3ccc4c(c3)COc3cc5c(ccc6nc([C@@H]7CC[C@H](C)N7C(=O)[C@@H](NC(=O)OC)C(C)C)[nH]c65)cc3-4)[nH]2)C1. The lowest BCUT2D eigenvalue weighted by molar-refractivity contribution is -0.137. The maximum absolute atomic E-state index is 13.9. The minimum absolute atomic E-state index is 0.00117. The number of hydrogen-bond donors (Lipinski definition) is 4. The normalized spacial score (nSPS) is 21.7. The number of aromatic nitrogens is 4. The highest BCUT2D eigenvalue weighted by Crippen LogP contribution is 2.44. The number of nitrogens with zero attached hydrogens (tertiary/aromatic N) is 3. The average Bonchev–Trinajstić information content (AvgIpc) is 3.95. The number of rotatable bonds is 8. The monoisotopic (exact) mass is 769 g/mol. The molecule has 5 heterocycles. The number of alkyl carbamates (subject to hydrolysis) is 1. The van der Waals surface area contributed by atoms with E-state index >= 15 is 0 Å². The second kappa shape index (κ2) is 13.8. The van der Waals surface area contributed by atoms with Crippen LogP contribution in [0.25, 0.3) is 44.2 Å². The van der Waals surface area contributed by atoms with Crippen LogP contribution in [0.1, 0.15) is 69.3 Å². The number of H-pyrrole nitrogens is 2. The number of nitrogens with one attached hydrogen (secondary N) is 4. The minimum atomic E-state index is -0.703. The summed E-state index contributed by atoms with van der Waals surface area (Å²) >= 11 is 3.70. The van der Waals surface area contributed by atoms with Gasteiger partial charge in [0, 0.05) is 36.2 Å². The summed E-state index contributed by atoms with van der Waals surface area (Å²) in [5, 5.41) is 8.39. The summed E-state index contributed by atoms with van der Waals surface area (Å²) in [6.07, 6.45) is 1.97. The van der Waals surface area contributed by atoms with Crippen molar-refractivity contribution < 1.29 is 23.8 Å². The highest BCUT2D eigenvalue weighted by Gasteiger charge is 2.41. The summed E-state index contributed by atoms with van der Waals surface area (Å²) in [5.41, 5.74) is 7.03. The molecule has 0 radical (unpaired) electrons. The number of aromatic amines is 2. The van der Waals surface area contributed by atoms with E-state index in [0.29, 0.717) is 12.5 Å². The molecule has 3 aromatic carbocycles. The molecule has 0 spiro atoms. The summed E-state index contributed by atoms with van der Waals surface area (Å²) in [6.45, 7) is 7.99. The van der Waals surface area contributed by atoms with Gasteiger partial charge in [-0.2, -0.15) is 0 Å². The zero-order valence-corrected chi connectivity index (χ0v) is 31.6. The molecule has 2 fully saturated rings.